The SMILES string of the molecule is CCNC(=NCc1coc(-c2ccc(C)cc2)n1)NCc1ncc(CC)s1.I. The van der Waals surface area contributed by atoms with E-state index in [1.54, 1.807) is 17.6 Å². The van der Waals surface area contributed by atoms with E-state index in [9.17, 15) is 0 Å². The molecule has 0 saturated heterocycles. The van der Waals surface area contributed by atoms with Gasteiger partial charge in [0.2, 0.25) is 5.89 Å². The Morgan fingerprint density at radius 1 is 1.18 bits per heavy atom. The number of rotatable bonds is 7. The van der Waals surface area contributed by atoms with E-state index in [-0.39, 0.29) is 24.0 Å². The number of thiazole rings is 1. The van der Waals surface area contributed by atoms with E-state index in [0.717, 1.165) is 35.2 Å². The van der Waals surface area contributed by atoms with Gasteiger partial charge in [0.1, 0.15) is 17.0 Å². The lowest BCUT2D eigenvalue weighted by atomic mass is 10.1. The van der Waals surface area contributed by atoms with Crippen LogP contribution in [-0.4, -0.2) is 22.5 Å². The molecule has 3 aromatic rings. The number of aliphatic imine (C=N–C) groups is 1. The van der Waals surface area contributed by atoms with E-state index < -0.39 is 0 Å². The molecule has 150 valence electrons. The molecule has 0 aliphatic rings. The van der Waals surface area contributed by atoms with E-state index in [2.05, 4.69) is 39.4 Å². The van der Waals surface area contributed by atoms with Crippen LogP contribution in [0.25, 0.3) is 11.5 Å². The topological polar surface area (TPSA) is 75.3 Å². The molecule has 0 fully saturated rings. The molecule has 0 radical (unpaired) electrons. The van der Waals surface area contributed by atoms with Gasteiger partial charge in [-0.3, -0.25) is 0 Å². The minimum atomic E-state index is 0. The van der Waals surface area contributed by atoms with Crippen LogP contribution in [0.3, 0.4) is 0 Å². The molecule has 6 nitrogen and oxygen atoms in total. The van der Waals surface area contributed by atoms with E-state index in [4.69, 9.17) is 4.42 Å². The van der Waals surface area contributed by atoms with Gasteiger partial charge in [0.25, 0.3) is 0 Å². The molecule has 0 unspecified atom stereocenters. The molecule has 0 saturated carbocycles. The molecule has 2 aromatic heterocycles. The van der Waals surface area contributed by atoms with Crippen molar-refractivity contribution in [2.75, 3.05) is 6.54 Å². The van der Waals surface area contributed by atoms with Crippen LogP contribution in [0, 0.1) is 6.92 Å². The quantitative estimate of drug-likeness (QED) is 0.277. The lowest BCUT2D eigenvalue weighted by Crippen LogP contribution is -2.36. The molecule has 0 spiro atoms. The standard InChI is InChI=1S/C20H25N5OS.HI/c1-4-17-11-22-18(27-17)12-24-20(21-5-2)23-10-16-13-26-19(25-16)15-8-6-14(3)7-9-15;/h6-9,11,13H,4-5,10,12H2,1-3H3,(H2,21,23,24);1H. The van der Waals surface area contributed by atoms with Crippen molar-refractivity contribution in [3.63, 3.8) is 0 Å². The summed E-state index contributed by atoms with van der Waals surface area (Å²) in [5, 5.41) is 7.62. The molecule has 2 N–H and O–H groups in total. The maximum Gasteiger partial charge on any atom is 0.226 e. The number of nitrogens with zero attached hydrogens (tertiary/aromatic N) is 3. The fraction of sp³-hybridized carbons (Fsp3) is 0.350. The maximum atomic E-state index is 5.60. The predicted octanol–water partition coefficient (Wildman–Crippen LogP) is 4.54. The van der Waals surface area contributed by atoms with Crippen molar-refractivity contribution in [1.29, 1.82) is 0 Å². The molecule has 2 heterocycles. The third-order valence-corrected chi connectivity index (χ3v) is 5.09. The highest BCUT2D eigenvalue weighted by Crippen LogP contribution is 2.19. The van der Waals surface area contributed by atoms with Crippen LogP contribution in [0.2, 0.25) is 0 Å². The van der Waals surface area contributed by atoms with Crippen molar-refractivity contribution in [2.24, 2.45) is 4.99 Å². The summed E-state index contributed by atoms with van der Waals surface area (Å²) in [6.45, 7) is 8.13. The minimum absolute atomic E-state index is 0. The molecule has 3 rings (SSSR count). The molecule has 0 atom stereocenters. The highest BCUT2D eigenvalue weighted by molar-refractivity contribution is 14.0. The fourth-order valence-corrected chi connectivity index (χ4v) is 3.26. The second-order valence-corrected chi connectivity index (χ2v) is 7.33. The summed E-state index contributed by atoms with van der Waals surface area (Å²) in [7, 11) is 0. The van der Waals surface area contributed by atoms with Crippen molar-refractivity contribution >= 4 is 41.3 Å². The second kappa shape index (κ2) is 11.2. The Morgan fingerprint density at radius 2 is 1.96 bits per heavy atom. The van der Waals surface area contributed by atoms with Crippen LogP contribution < -0.4 is 10.6 Å². The first-order chi connectivity index (χ1) is 13.2. The number of benzene rings is 1. The lowest BCUT2D eigenvalue weighted by Gasteiger charge is -2.09. The zero-order chi connectivity index (χ0) is 19.1. The molecule has 28 heavy (non-hydrogen) atoms. The molecular weight excluding hydrogens is 485 g/mol. The summed E-state index contributed by atoms with van der Waals surface area (Å²) in [5.41, 5.74) is 2.98. The number of hydrogen-bond acceptors (Lipinski definition) is 5. The van der Waals surface area contributed by atoms with Gasteiger partial charge in [-0.25, -0.2) is 15.0 Å². The molecule has 0 aliphatic heterocycles. The minimum Gasteiger partial charge on any atom is -0.444 e. The number of hydrogen-bond donors (Lipinski definition) is 2. The fourth-order valence-electron chi connectivity index (χ4n) is 2.46. The Bertz CT molecular complexity index is 888. The number of nitrogens with one attached hydrogen (secondary N) is 2. The predicted molar refractivity (Wildman–Crippen MR) is 125 cm³/mol. The highest BCUT2D eigenvalue weighted by atomic mass is 127. The zero-order valence-electron chi connectivity index (χ0n) is 16.4. The summed E-state index contributed by atoms with van der Waals surface area (Å²) >= 11 is 1.73. The van der Waals surface area contributed by atoms with Gasteiger partial charge >= 0.3 is 0 Å². The number of halogens is 1. The van der Waals surface area contributed by atoms with Crippen molar-refractivity contribution in [2.45, 2.75) is 40.3 Å². The Labute approximate surface area is 186 Å². The average molecular weight is 511 g/mol. The van der Waals surface area contributed by atoms with Gasteiger partial charge in [-0.2, -0.15) is 0 Å². The summed E-state index contributed by atoms with van der Waals surface area (Å²) in [6.07, 6.45) is 4.62. The second-order valence-electron chi connectivity index (χ2n) is 6.13. The van der Waals surface area contributed by atoms with E-state index >= 15 is 0 Å². The van der Waals surface area contributed by atoms with Crippen molar-refractivity contribution < 1.29 is 4.42 Å². The van der Waals surface area contributed by atoms with Crippen LogP contribution in [0.15, 0.2) is 46.1 Å². The van der Waals surface area contributed by atoms with Gasteiger partial charge in [0.15, 0.2) is 5.96 Å². The van der Waals surface area contributed by atoms with E-state index in [0.29, 0.717) is 19.0 Å². The van der Waals surface area contributed by atoms with Gasteiger partial charge in [-0.15, -0.1) is 35.3 Å². The lowest BCUT2D eigenvalue weighted by molar-refractivity contribution is 0.572. The van der Waals surface area contributed by atoms with Gasteiger partial charge in [-0.05, 0) is 32.4 Å². The maximum absolute atomic E-state index is 5.60. The van der Waals surface area contributed by atoms with Crippen molar-refractivity contribution in [3.8, 4) is 11.5 Å². The normalized spacial score (nSPS) is 11.2. The Kier molecular flexibility index (Phi) is 8.91. The smallest absolute Gasteiger partial charge is 0.226 e. The van der Waals surface area contributed by atoms with Gasteiger partial charge < -0.3 is 15.1 Å². The summed E-state index contributed by atoms with van der Waals surface area (Å²) in [4.78, 5) is 14.8. The molecule has 0 amide bonds. The molecule has 0 bridgehead atoms. The first-order valence-electron chi connectivity index (χ1n) is 9.15. The number of oxazole rings is 1. The summed E-state index contributed by atoms with van der Waals surface area (Å²) in [5.74, 6) is 1.36. The monoisotopic (exact) mass is 511 g/mol. The third-order valence-electron chi connectivity index (χ3n) is 3.95. The molecule has 1 aromatic carbocycles. The number of aryl methyl sites for hydroxylation is 2. The third kappa shape index (κ3) is 6.30. The van der Waals surface area contributed by atoms with Crippen molar-refractivity contribution in [1.82, 2.24) is 20.6 Å². The number of guanidine groups is 1. The van der Waals surface area contributed by atoms with Crippen LogP contribution in [0.5, 0.6) is 0 Å². The number of aromatic nitrogens is 2. The van der Waals surface area contributed by atoms with Crippen LogP contribution in [0.4, 0.5) is 0 Å². The Morgan fingerprint density at radius 3 is 2.64 bits per heavy atom. The Balaban J connectivity index is 0.00000280. The zero-order valence-corrected chi connectivity index (χ0v) is 19.5. The van der Waals surface area contributed by atoms with Crippen molar-refractivity contribution in [3.05, 3.63) is 57.9 Å². The molecule has 0 aliphatic carbocycles. The average Bonchev–Trinajstić information content (AvgIpc) is 3.34. The largest absolute Gasteiger partial charge is 0.444 e. The van der Waals surface area contributed by atoms with Gasteiger partial charge in [-0.1, -0.05) is 24.6 Å². The highest BCUT2D eigenvalue weighted by Gasteiger charge is 2.07. The van der Waals surface area contributed by atoms with Crippen LogP contribution >= 0.6 is 35.3 Å². The van der Waals surface area contributed by atoms with Gasteiger partial charge in [0, 0.05) is 23.2 Å². The van der Waals surface area contributed by atoms with E-state index in [1.165, 1.54) is 10.4 Å². The van der Waals surface area contributed by atoms with Gasteiger partial charge in [0.05, 0.1) is 13.1 Å². The van der Waals surface area contributed by atoms with Crippen LogP contribution in [-0.2, 0) is 19.5 Å². The molecule has 8 heteroatoms. The first-order valence-corrected chi connectivity index (χ1v) is 9.96. The van der Waals surface area contributed by atoms with E-state index in [1.807, 2.05) is 37.4 Å². The first kappa shape index (κ1) is 22.4. The Hall–Kier alpha value is -1.94. The summed E-state index contributed by atoms with van der Waals surface area (Å²) in [6, 6.07) is 8.12. The summed E-state index contributed by atoms with van der Waals surface area (Å²) < 4.78 is 5.60. The van der Waals surface area contributed by atoms with Crippen LogP contribution in [0.1, 0.15) is 35.0 Å². The molecular formula is C20H26IN5OS.